The molecule has 1 unspecified atom stereocenters. The molecule has 5 nitrogen and oxygen atoms in total. The van der Waals surface area contributed by atoms with Crippen LogP contribution in [0, 0.1) is 5.82 Å². The summed E-state index contributed by atoms with van der Waals surface area (Å²) in [7, 11) is 1.96. The van der Waals surface area contributed by atoms with Crippen molar-refractivity contribution in [3.63, 3.8) is 0 Å². The van der Waals surface area contributed by atoms with Crippen molar-refractivity contribution in [2.45, 2.75) is 18.9 Å². The number of nitrogens with zero attached hydrogens (tertiary/aromatic N) is 1. The topological polar surface area (TPSA) is 53.6 Å². The van der Waals surface area contributed by atoms with Gasteiger partial charge in [0.2, 0.25) is 5.91 Å². The lowest BCUT2D eigenvalue weighted by molar-refractivity contribution is -0.122. The summed E-state index contributed by atoms with van der Waals surface area (Å²) in [6.45, 7) is 3.12. The lowest BCUT2D eigenvalue weighted by atomic mass is 10.1. The Kier molecular flexibility index (Phi) is 6.61. The van der Waals surface area contributed by atoms with Crippen LogP contribution >= 0.6 is 0 Å². The number of piperidine rings is 1. The van der Waals surface area contributed by atoms with E-state index in [0.29, 0.717) is 31.5 Å². The van der Waals surface area contributed by atoms with Gasteiger partial charge in [0.05, 0.1) is 13.1 Å². The van der Waals surface area contributed by atoms with Gasteiger partial charge in [-0.25, -0.2) is 4.39 Å². The first-order valence-corrected chi connectivity index (χ1v) is 7.72. The zero-order chi connectivity index (χ0) is 15.8. The van der Waals surface area contributed by atoms with E-state index < -0.39 is 0 Å². The van der Waals surface area contributed by atoms with E-state index in [1.165, 1.54) is 18.6 Å². The van der Waals surface area contributed by atoms with Crippen molar-refractivity contribution in [3.05, 3.63) is 30.1 Å². The molecular weight excluding hydrogens is 285 g/mol. The predicted molar refractivity (Wildman–Crippen MR) is 83.4 cm³/mol. The van der Waals surface area contributed by atoms with Gasteiger partial charge in [-0.15, -0.1) is 0 Å². The number of ether oxygens (including phenoxy) is 1. The standard InChI is InChI=1S/C16H24FN3O2/c1-18-14-3-2-9-20(11-14)12-16(21)19-8-10-22-15-6-4-13(17)5-7-15/h4-7,14,18H,2-3,8-12H2,1H3,(H,19,21). The maximum absolute atomic E-state index is 12.7. The normalized spacial score (nSPS) is 18.9. The first-order chi connectivity index (χ1) is 10.7. The smallest absolute Gasteiger partial charge is 0.234 e. The van der Waals surface area contributed by atoms with Crippen molar-refractivity contribution in [2.75, 3.05) is 39.8 Å². The number of likely N-dealkylation sites (N-methyl/N-ethyl adjacent to an activating group) is 1. The first-order valence-electron chi connectivity index (χ1n) is 7.72. The molecule has 0 saturated carbocycles. The second-order valence-corrected chi connectivity index (χ2v) is 5.52. The van der Waals surface area contributed by atoms with Crippen LogP contribution in [-0.2, 0) is 4.79 Å². The highest BCUT2D eigenvalue weighted by atomic mass is 19.1. The lowest BCUT2D eigenvalue weighted by Crippen LogP contribution is -2.48. The van der Waals surface area contributed by atoms with Gasteiger partial charge in [-0.1, -0.05) is 0 Å². The van der Waals surface area contributed by atoms with Gasteiger partial charge in [-0.3, -0.25) is 9.69 Å². The fourth-order valence-corrected chi connectivity index (χ4v) is 2.58. The summed E-state index contributed by atoms with van der Waals surface area (Å²) in [6, 6.07) is 6.32. The Morgan fingerprint density at radius 2 is 2.18 bits per heavy atom. The molecule has 1 atom stereocenters. The highest BCUT2D eigenvalue weighted by molar-refractivity contribution is 5.78. The molecule has 0 aliphatic carbocycles. The third-order valence-corrected chi connectivity index (χ3v) is 3.79. The molecule has 22 heavy (non-hydrogen) atoms. The Labute approximate surface area is 130 Å². The van der Waals surface area contributed by atoms with E-state index in [-0.39, 0.29) is 11.7 Å². The van der Waals surface area contributed by atoms with Gasteiger partial charge < -0.3 is 15.4 Å². The number of amides is 1. The Morgan fingerprint density at radius 3 is 2.91 bits per heavy atom. The Balaban J connectivity index is 1.60. The molecule has 1 fully saturated rings. The monoisotopic (exact) mass is 309 g/mol. The van der Waals surface area contributed by atoms with Gasteiger partial charge >= 0.3 is 0 Å². The molecule has 0 radical (unpaired) electrons. The molecule has 6 heteroatoms. The molecule has 0 bridgehead atoms. The van der Waals surface area contributed by atoms with Crippen LogP contribution in [0.3, 0.4) is 0 Å². The van der Waals surface area contributed by atoms with Gasteiger partial charge in [0.15, 0.2) is 0 Å². The molecular formula is C16H24FN3O2. The fourth-order valence-electron chi connectivity index (χ4n) is 2.58. The lowest BCUT2D eigenvalue weighted by Gasteiger charge is -2.31. The van der Waals surface area contributed by atoms with Crippen LogP contribution in [0.5, 0.6) is 5.75 Å². The molecule has 1 heterocycles. The largest absolute Gasteiger partial charge is 0.492 e. The van der Waals surface area contributed by atoms with Gasteiger partial charge in [-0.05, 0) is 50.7 Å². The number of carbonyl (C=O) groups is 1. The predicted octanol–water partition coefficient (Wildman–Crippen LogP) is 1.00. The van der Waals surface area contributed by atoms with E-state index in [9.17, 15) is 9.18 Å². The molecule has 122 valence electrons. The number of hydrogen-bond acceptors (Lipinski definition) is 4. The van der Waals surface area contributed by atoms with Crippen LogP contribution in [0.4, 0.5) is 4.39 Å². The van der Waals surface area contributed by atoms with Crippen molar-refractivity contribution in [1.82, 2.24) is 15.5 Å². The van der Waals surface area contributed by atoms with Gasteiger partial charge in [0.25, 0.3) is 0 Å². The zero-order valence-corrected chi connectivity index (χ0v) is 13.0. The van der Waals surface area contributed by atoms with E-state index in [1.54, 1.807) is 12.1 Å². The minimum atomic E-state index is -0.290. The van der Waals surface area contributed by atoms with Crippen LogP contribution in [0.1, 0.15) is 12.8 Å². The van der Waals surface area contributed by atoms with E-state index in [4.69, 9.17) is 4.74 Å². The average Bonchev–Trinajstić information content (AvgIpc) is 2.53. The van der Waals surface area contributed by atoms with E-state index in [1.807, 2.05) is 7.05 Å². The molecule has 2 rings (SSSR count). The van der Waals surface area contributed by atoms with Crippen molar-refractivity contribution in [1.29, 1.82) is 0 Å². The molecule has 1 aliphatic heterocycles. The first kappa shape index (κ1) is 16.7. The van der Waals surface area contributed by atoms with Crippen molar-refractivity contribution in [2.24, 2.45) is 0 Å². The second-order valence-electron chi connectivity index (χ2n) is 5.52. The molecule has 1 saturated heterocycles. The summed E-state index contributed by atoms with van der Waals surface area (Å²) in [5, 5.41) is 6.11. The van der Waals surface area contributed by atoms with Gasteiger partial charge in [0.1, 0.15) is 18.2 Å². The van der Waals surface area contributed by atoms with Crippen molar-refractivity contribution >= 4 is 5.91 Å². The van der Waals surface area contributed by atoms with Gasteiger partial charge in [-0.2, -0.15) is 0 Å². The quantitative estimate of drug-likeness (QED) is 0.738. The van der Waals surface area contributed by atoms with E-state index in [2.05, 4.69) is 15.5 Å². The number of carbonyl (C=O) groups excluding carboxylic acids is 1. The summed E-state index contributed by atoms with van der Waals surface area (Å²) in [5.74, 6) is 0.324. The summed E-state index contributed by atoms with van der Waals surface area (Å²) < 4.78 is 18.2. The maximum Gasteiger partial charge on any atom is 0.234 e. The minimum Gasteiger partial charge on any atom is -0.492 e. The molecule has 1 aromatic rings. The summed E-state index contributed by atoms with van der Waals surface area (Å²) >= 11 is 0. The Morgan fingerprint density at radius 1 is 1.41 bits per heavy atom. The maximum atomic E-state index is 12.7. The SMILES string of the molecule is CNC1CCCN(CC(=O)NCCOc2ccc(F)cc2)C1. The highest BCUT2D eigenvalue weighted by Crippen LogP contribution is 2.10. The molecule has 2 N–H and O–H groups in total. The van der Waals surface area contributed by atoms with Gasteiger partial charge in [0, 0.05) is 12.6 Å². The highest BCUT2D eigenvalue weighted by Gasteiger charge is 2.19. The molecule has 0 aromatic heterocycles. The molecule has 1 aliphatic rings. The Hall–Kier alpha value is -1.66. The van der Waals surface area contributed by atoms with Crippen molar-refractivity contribution in [3.8, 4) is 5.75 Å². The third kappa shape index (κ3) is 5.61. The number of benzene rings is 1. The van der Waals surface area contributed by atoms with Crippen LogP contribution < -0.4 is 15.4 Å². The zero-order valence-electron chi connectivity index (χ0n) is 13.0. The number of nitrogens with one attached hydrogen (secondary N) is 2. The van der Waals surface area contributed by atoms with Crippen LogP contribution in [0.15, 0.2) is 24.3 Å². The van der Waals surface area contributed by atoms with Crippen LogP contribution in [0.25, 0.3) is 0 Å². The van der Waals surface area contributed by atoms with Crippen molar-refractivity contribution < 1.29 is 13.9 Å². The van der Waals surface area contributed by atoms with E-state index >= 15 is 0 Å². The van der Waals surface area contributed by atoms with E-state index in [0.717, 1.165) is 19.5 Å². The third-order valence-electron chi connectivity index (χ3n) is 3.79. The Bertz CT molecular complexity index is 467. The number of hydrogen-bond donors (Lipinski definition) is 2. The summed E-state index contributed by atoms with van der Waals surface area (Å²) in [5.41, 5.74) is 0. The summed E-state index contributed by atoms with van der Waals surface area (Å²) in [6.07, 6.45) is 2.28. The average molecular weight is 309 g/mol. The number of halogens is 1. The minimum absolute atomic E-state index is 0.0134. The molecule has 1 amide bonds. The number of likely N-dealkylation sites (tertiary alicyclic amines) is 1. The molecule has 0 spiro atoms. The van der Waals surface area contributed by atoms with Crippen LogP contribution in [0.2, 0.25) is 0 Å². The second kappa shape index (κ2) is 8.70. The fraction of sp³-hybridized carbons (Fsp3) is 0.562. The number of rotatable bonds is 7. The van der Waals surface area contributed by atoms with Crippen LogP contribution in [-0.4, -0.2) is 56.7 Å². The summed E-state index contributed by atoms with van der Waals surface area (Å²) in [4.78, 5) is 14.1. The molecule has 1 aromatic carbocycles.